The van der Waals surface area contributed by atoms with Crippen LogP contribution in [0.4, 0.5) is 14.5 Å². The van der Waals surface area contributed by atoms with E-state index in [1.165, 1.54) is 6.21 Å². The highest BCUT2D eigenvalue weighted by molar-refractivity contribution is 7.99. The van der Waals surface area contributed by atoms with Crippen molar-refractivity contribution in [2.75, 3.05) is 0 Å². The predicted molar refractivity (Wildman–Crippen MR) is 122 cm³/mol. The molecule has 1 N–H and O–H groups in total. The number of halogens is 3. The number of benzene rings is 3. The molecule has 0 atom stereocenters. The summed E-state index contributed by atoms with van der Waals surface area (Å²) >= 11 is 6.72. The van der Waals surface area contributed by atoms with E-state index in [-0.39, 0.29) is 5.88 Å². The van der Waals surface area contributed by atoms with Crippen molar-refractivity contribution in [1.82, 2.24) is 4.57 Å². The highest BCUT2D eigenvalue weighted by Gasteiger charge is 2.17. The van der Waals surface area contributed by atoms with E-state index >= 15 is 0 Å². The molecule has 1 aromatic heterocycles. The van der Waals surface area contributed by atoms with Crippen LogP contribution in [0.1, 0.15) is 5.56 Å². The molecule has 0 bridgehead atoms. The first-order chi connectivity index (χ1) is 15.0. The van der Waals surface area contributed by atoms with E-state index in [9.17, 15) is 18.7 Å². The fraction of sp³-hybridized carbons (Fsp3) is 0.0435. The number of para-hydroxylation sites is 1. The zero-order valence-corrected chi connectivity index (χ0v) is 17.4. The van der Waals surface area contributed by atoms with Gasteiger partial charge in [0.25, 0.3) is 11.3 Å². The van der Waals surface area contributed by atoms with Crippen LogP contribution in [0.2, 0.25) is 5.02 Å². The monoisotopic (exact) mass is 456 g/mol. The van der Waals surface area contributed by atoms with Crippen LogP contribution in [-0.4, -0.2) is 21.6 Å². The maximum atomic E-state index is 13.1. The Kier molecular flexibility index (Phi) is 6.06. The molecule has 4 aromatic rings. The van der Waals surface area contributed by atoms with Gasteiger partial charge in [-0.15, -0.1) is 0 Å². The molecule has 0 spiro atoms. The fourth-order valence-electron chi connectivity index (χ4n) is 3.20. The Hall–Kier alpha value is -3.16. The third kappa shape index (κ3) is 4.33. The molecule has 0 saturated heterocycles. The number of fused-ring (bicyclic) bond motifs is 1. The molecule has 0 unspecified atom stereocenters. The number of thioether (sulfide) groups is 1. The van der Waals surface area contributed by atoms with Gasteiger partial charge in [-0.25, -0.2) is 4.57 Å². The molecule has 3 aromatic carbocycles. The number of rotatable bonds is 5. The van der Waals surface area contributed by atoms with Gasteiger partial charge in [0, 0.05) is 21.9 Å². The maximum Gasteiger partial charge on any atom is 0.288 e. The number of aromatic hydroxyl groups is 1. The second-order valence-corrected chi connectivity index (χ2v) is 7.98. The van der Waals surface area contributed by atoms with E-state index in [1.807, 2.05) is 0 Å². The minimum atomic E-state index is -2.50. The Balaban J connectivity index is 1.85. The van der Waals surface area contributed by atoms with E-state index in [4.69, 9.17) is 11.6 Å². The third-order valence-corrected chi connectivity index (χ3v) is 5.64. The Morgan fingerprint density at radius 1 is 0.968 bits per heavy atom. The quantitative estimate of drug-likeness (QED) is 0.278. The van der Waals surface area contributed by atoms with E-state index in [0.29, 0.717) is 49.4 Å². The van der Waals surface area contributed by atoms with Crippen LogP contribution < -0.4 is 5.56 Å². The van der Waals surface area contributed by atoms with Gasteiger partial charge in [-0.05, 0) is 42.5 Å². The number of aliphatic imine (C=N–C) groups is 1. The Morgan fingerprint density at radius 2 is 1.61 bits per heavy atom. The molecule has 4 nitrogen and oxygen atoms in total. The van der Waals surface area contributed by atoms with Gasteiger partial charge in [0.15, 0.2) is 0 Å². The van der Waals surface area contributed by atoms with Crippen LogP contribution in [0.15, 0.2) is 87.5 Å². The van der Waals surface area contributed by atoms with Crippen molar-refractivity contribution in [2.24, 2.45) is 4.99 Å². The van der Waals surface area contributed by atoms with Crippen LogP contribution in [0.3, 0.4) is 0 Å². The van der Waals surface area contributed by atoms with E-state index in [1.54, 1.807) is 72.8 Å². The van der Waals surface area contributed by atoms with Crippen LogP contribution in [0, 0.1) is 0 Å². The number of pyridine rings is 1. The topological polar surface area (TPSA) is 54.6 Å². The van der Waals surface area contributed by atoms with Crippen molar-refractivity contribution in [3.05, 3.63) is 93.7 Å². The predicted octanol–water partition coefficient (Wildman–Crippen LogP) is 6.42. The SMILES string of the molecule is O=c1c2ccccc2c(C=Nc2ccc(SC(F)F)cc2)c(O)n1-c1ccccc1Cl. The van der Waals surface area contributed by atoms with Crippen molar-refractivity contribution in [2.45, 2.75) is 10.7 Å². The molecule has 0 amide bonds. The first-order valence-electron chi connectivity index (χ1n) is 9.16. The average Bonchev–Trinajstić information content (AvgIpc) is 2.76. The van der Waals surface area contributed by atoms with Crippen molar-refractivity contribution < 1.29 is 13.9 Å². The average molecular weight is 457 g/mol. The van der Waals surface area contributed by atoms with Gasteiger partial charge in [-0.2, -0.15) is 8.78 Å². The number of nitrogens with zero attached hydrogens (tertiary/aromatic N) is 2. The molecule has 0 radical (unpaired) electrons. The van der Waals surface area contributed by atoms with Crippen molar-refractivity contribution in [1.29, 1.82) is 0 Å². The number of aromatic nitrogens is 1. The van der Waals surface area contributed by atoms with Gasteiger partial charge in [-0.3, -0.25) is 9.79 Å². The lowest BCUT2D eigenvalue weighted by molar-refractivity contribution is 0.252. The molecular formula is C23H15ClF2N2O2S. The molecule has 8 heteroatoms. The maximum absolute atomic E-state index is 13.1. The summed E-state index contributed by atoms with van der Waals surface area (Å²) < 4.78 is 26.1. The normalized spacial score (nSPS) is 11.6. The first-order valence-corrected chi connectivity index (χ1v) is 10.4. The Bertz CT molecular complexity index is 1340. The summed E-state index contributed by atoms with van der Waals surface area (Å²) in [6.07, 6.45) is 1.44. The van der Waals surface area contributed by atoms with E-state index in [0.717, 1.165) is 4.57 Å². The fourth-order valence-corrected chi connectivity index (χ4v) is 3.92. The van der Waals surface area contributed by atoms with Crippen LogP contribution in [0.25, 0.3) is 16.5 Å². The Morgan fingerprint density at radius 3 is 2.29 bits per heavy atom. The molecule has 0 aliphatic carbocycles. The second kappa shape index (κ2) is 8.91. The van der Waals surface area contributed by atoms with Crippen LogP contribution in [0.5, 0.6) is 5.88 Å². The highest BCUT2D eigenvalue weighted by atomic mass is 35.5. The standard InChI is InChI=1S/C23H15ClF2N2O2S/c24-19-7-3-4-8-20(19)28-21(29)17-6-2-1-5-16(17)18(22(28)30)13-27-14-9-11-15(12-10-14)31-23(25)26/h1-13,23,30H. The van der Waals surface area contributed by atoms with Gasteiger partial charge < -0.3 is 5.11 Å². The molecular weight excluding hydrogens is 442 g/mol. The summed E-state index contributed by atoms with van der Waals surface area (Å²) in [7, 11) is 0. The highest BCUT2D eigenvalue weighted by Crippen LogP contribution is 2.30. The van der Waals surface area contributed by atoms with Gasteiger partial charge in [-0.1, -0.05) is 53.7 Å². The summed E-state index contributed by atoms with van der Waals surface area (Å²) in [5.74, 6) is -2.80. The lowest BCUT2D eigenvalue weighted by Crippen LogP contribution is -2.20. The Labute approximate surface area is 185 Å². The van der Waals surface area contributed by atoms with Crippen LogP contribution >= 0.6 is 23.4 Å². The van der Waals surface area contributed by atoms with Gasteiger partial charge in [0.2, 0.25) is 5.88 Å². The minimum absolute atomic E-state index is 0.301. The largest absolute Gasteiger partial charge is 0.494 e. The lowest BCUT2D eigenvalue weighted by atomic mass is 10.1. The molecule has 0 aliphatic heterocycles. The van der Waals surface area contributed by atoms with Crippen molar-refractivity contribution in [3.8, 4) is 11.6 Å². The summed E-state index contributed by atoms with van der Waals surface area (Å²) in [6, 6.07) is 19.9. The lowest BCUT2D eigenvalue weighted by Gasteiger charge is -2.14. The first kappa shape index (κ1) is 21.1. The number of alkyl halides is 2. The van der Waals surface area contributed by atoms with Crippen molar-refractivity contribution in [3.63, 3.8) is 0 Å². The molecule has 0 fully saturated rings. The zero-order chi connectivity index (χ0) is 22.0. The second-order valence-electron chi connectivity index (χ2n) is 6.51. The molecule has 31 heavy (non-hydrogen) atoms. The van der Waals surface area contributed by atoms with Gasteiger partial charge >= 0.3 is 0 Å². The zero-order valence-electron chi connectivity index (χ0n) is 15.9. The summed E-state index contributed by atoms with van der Waals surface area (Å²) in [4.78, 5) is 17.9. The molecule has 1 heterocycles. The van der Waals surface area contributed by atoms with Crippen molar-refractivity contribution >= 4 is 46.0 Å². The summed E-state index contributed by atoms with van der Waals surface area (Å²) in [5, 5.41) is 12.2. The number of hydrogen-bond donors (Lipinski definition) is 1. The smallest absolute Gasteiger partial charge is 0.288 e. The van der Waals surface area contributed by atoms with E-state index in [2.05, 4.69) is 4.99 Å². The van der Waals surface area contributed by atoms with Gasteiger partial charge in [0.05, 0.1) is 22.0 Å². The van der Waals surface area contributed by atoms with Crippen LogP contribution in [-0.2, 0) is 0 Å². The minimum Gasteiger partial charge on any atom is -0.494 e. The molecule has 0 aliphatic rings. The third-order valence-electron chi connectivity index (χ3n) is 4.60. The molecule has 156 valence electrons. The summed E-state index contributed by atoms with van der Waals surface area (Å²) in [6.45, 7) is 0. The van der Waals surface area contributed by atoms with E-state index < -0.39 is 11.3 Å². The van der Waals surface area contributed by atoms with Gasteiger partial charge in [0.1, 0.15) is 0 Å². The number of hydrogen-bond acceptors (Lipinski definition) is 4. The molecule has 0 saturated carbocycles. The summed E-state index contributed by atoms with van der Waals surface area (Å²) in [5.41, 5.74) is 0.783. The molecule has 4 rings (SSSR count).